The minimum atomic E-state index is -0.718. The summed E-state index contributed by atoms with van der Waals surface area (Å²) >= 11 is 4.56. The molecule has 1 unspecified atom stereocenters. The molecule has 6 heteroatoms. The van der Waals surface area contributed by atoms with E-state index in [0.717, 1.165) is 5.56 Å². The van der Waals surface area contributed by atoms with Crippen molar-refractivity contribution in [3.05, 3.63) is 53.1 Å². The van der Waals surface area contributed by atoms with Crippen LogP contribution < -0.4 is 10.1 Å². The number of hydrogen-bond donors (Lipinski definition) is 2. The number of nitriles is 1. The van der Waals surface area contributed by atoms with Crippen LogP contribution in [-0.2, 0) is 9.53 Å². The van der Waals surface area contributed by atoms with Crippen LogP contribution in [0.4, 0.5) is 5.69 Å². The van der Waals surface area contributed by atoms with Gasteiger partial charge >= 0.3 is 5.97 Å². The number of esters is 1. The molecule has 1 atom stereocenters. The van der Waals surface area contributed by atoms with Crippen molar-refractivity contribution in [1.82, 2.24) is 0 Å². The zero-order valence-electron chi connectivity index (χ0n) is 14.4. The Labute approximate surface area is 153 Å². The van der Waals surface area contributed by atoms with Crippen LogP contribution in [0.3, 0.4) is 0 Å². The van der Waals surface area contributed by atoms with Crippen molar-refractivity contribution in [3.8, 4) is 11.8 Å². The predicted octanol–water partition coefficient (Wildman–Crippen LogP) is 3.88. The average molecular weight is 356 g/mol. The van der Waals surface area contributed by atoms with Crippen LogP contribution in [0.1, 0.15) is 29.7 Å². The van der Waals surface area contributed by atoms with Crippen molar-refractivity contribution < 1.29 is 14.3 Å². The van der Waals surface area contributed by atoms with E-state index < -0.39 is 12.0 Å². The topological polar surface area (TPSA) is 71.3 Å². The highest BCUT2D eigenvalue weighted by atomic mass is 32.1. The van der Waals surface area contributed by atoms with Gasteiger partial charge in [-0.2, -0.15) is 5.26 Å². The maximum atomic E-state index is 12.5. The van der Waals surface area contributed by atoms with Gasteiger partial charge in [-0.15, -0.1) is 12.6 Å². The van der Waals surface area contributed by atoms with Crippen molar-refractivity contribution in [3.63, 3.8) is 0 Å². The summed E-state index contributed by atoms with van der Waals surface area (Å²) in [5.41, 5.74) is 2.80. The third kappa shape index (κ3) is 4.25. The summed E-state index contributed by atoms with van der Waals surface area (Å²) in [6.07, 6.45) is 0. The Kier molecular flexibility index (Phi) is 6.31. The third-order valence-electron chi connectivity index (χ3n) is 3.79. The van der Waals surface area contributed by atoms with Gasteiger partial charge in [0.15, 0.2) is 6.04 Å². The maximum absolute atomic E-state index is 12.5. The van der Waals surface area contributed by atoms with E-state index >= 15 is 0 Å². The maximum Gasteiger partial charge on any atom is 0.333 e. The summed E-state index contributed by atoms with van der Waals surface area (Å²) in [4.78, 5) is 13.2. The number of methoxy groups -OCH3 is 1. The van der Waals surface area contributed by atoms with Crippen LogP contribution in [-0.4, -0.2) is 19.7 Å². The summed E-state index contributed by atoms with van der Waals surface area (Å²) in [7, 11) is 1.59. The van der Waals surface area contributed by atoms with Crippen molar-refractivity contribution in [1.29, 1.82) is 5.26 Å². The second kappa shape index (κ2) is 8.45. The fourth-order valence-electron chi connectivity index (χ4n) is 2.45. The van der Waals surface area contributed by atoms with Crippen LogP contribution in [0.15, 0.2) is 41.3 Å². The average Bonchev–Trinajstić information content (AvgIpc) is 2.63. The molecule has 0 spiro atoms. The van der Waals surface area contributed by atoms with Crippen LogP contribution >= 0.6 is 12.6 Å². The van der Waals surface area contributed by atoms with Crippen LogP contribution in [0, 0.1) is 18.3 Å². The molecule has 1 N–H and O–H groups in total. The molecule has 2 rings (SSSR count). The van der Waals surface area contributed by atoms with E-state index in [2.05, 4.69) is 24.0 Å². The number of hydrogen-bond acceptors (Lipinski definition) is 6. The Hall–Kier alpha value is -2.65. The number of nitrogens with zero attached hydrogens (tertiary/aromatic N) is 1. The molecule has 0 amide bonds. The summed E-state index contributed by atoms with van der Waals surface area (Å²) in [5.74, 6) is 0.307. The van der Waals surface area contributed by atoms with E-state index in [1.165, 1.54) is 0 Å². The molecule has 0 saturated heterocycles. The second-order valence-corrected chi connectivity index (χ2v) is 5.80. The van der Waals surface area contributed by atoms with E-state index in [9.17, 15) is 4.79 Å². The largest absolute Gasteiger partial charge is 0.496 e. The van der Waals surface area contributed by atoms with Crippen molar-refractivity contribution in [2.75, 3.05) is 19.0 Å². The first kappa shape index (κ1) is 18.7. The molecule has 0 bridgehead atoms. The number of carbonyl (C=O) groups excluding carboxylic acids is 1. The van der Waals surface area contributed by atoms with Crippen molar-refractivity contribution in [2.24, 2.45) is 0 Å². The molecule has 2 aromatic rings. The van der Waals surface area contributed by atoms with Crippen LogP contribution in [0.5, 0.6) is 5.75 Å². The van der Waals surface area contributed by atoms with Gasteiger partial charge in [-0.1, -0.05) is 6.07 Å². The van der Waals surface area contributed by atoms with Crippen molar-refractivity contribution >= 4 is 24.3 Å². The summed E-state index contributed by atoms with van der Waals surface area (Å²) in [5, 5.41) is 12.1. The number of carbonyl (C=O) groups is 1. The first-order chi connectivity index (χ1) is 12.0. The van der Waals surface area contributed by atoms with Crippen LogP contribution in [0.25, 0.3) is 0 Å². The first-order valence-electron chi connectivity index (χ1n) is 7.81. The molecular formula is C19H20N2O3S. The molecule has 0 aliphatic heterocycles. The number of nitrogens with one attached hydrogen (secondary N) is 1. The van der Waals surface area contributed by atoms with E-state index in [4.69, 9.17) is 14.7 Å². The molecule has 0 heterocycles. The fraction of sp³-hybridized carbons (Fsp3) is 0.263. The number of thiol groups is 1. The number of ether oxygens (including phenoxy) is 2. The monoisotopic (exact) mass is 356 g/mol. The molecule has 5 nitrogen and oxygen atoms in total. The quantitative estimate of drug-likeness (QED) is 0.607. The van der Waals surface area contributed by atoms with E-state index in [1.807, 2.05) is 6.92 Å². The Morgan fingerprint density at radius 2 is 1.96 bits per heavy atom. The van der Waals surface area contributed by atoms with Gasteiger partial charge in [-0.05, 0) is 49.7 Å². The molecule has 0 fully saturated rings. The normalized spacial score (nSPS) is 11.3. The van der Waals surface area contributed by atoms with Gasteiger partial charge in [-0.3, -0.25) is 0 Å². The van der Waals surface area contributed by atoms with Gasteiger partial charge in [0, 0.05) is 16.1 Å². The van der Waals surface area contributed by atoms with E-state index in [0.29, 0.717) is 27.5 Å². The van der Waals surface area contributed by atoms with Gasteiger partial charge in [-0.25, -0.2) is 4.79 Å². The summed E-state index contributed by atoms with van der Waals surface area (Å²) in [6, 6.07) is 11.8. The highest BCUT2D eigenvalue weighted by Gasteiger charge is 2.25. The molecule has 0 aliphatic carbocycles. The lowest BCUT2D eigenvalue weighted by molar-refractivity contribution is -0.144. The highest BCUT2D eigenvalue weighted by molar-refractivity contribution is 7.80. The molecule has 2 aromatic carbocycles. The van der Waals surface area contributed by atoms with Gasteiger partial charge in [0.05, 0.1) is 25.3 Å². The Balaban J connectivity index is 2.41. The van der Waals surface area contributed by atoms with Gasteiger partial charge in [0.1, 0.15) is 5.75 Å². The number of anilines is 1. The molecule has 0 aromatic heterocycles. The SMILES string of the molecule is CCOC(=O)C(Nc1ccc(C#N)cc1)c1ccc(OC)c(C)c1S. The zero-order valence-corrected chi connectivity index (χ0v) is 15.3. The third-order valence-corrected chi connectivity index (χ3v) is 4.38. The zero-order chi connectivity index (χ0) is 18.4. The fourth-order valence-corrected chi connectivity index (χ4v) is 2.77. The summed E-state index contributed by atoms with van der Waals surface area (Å²) < 4.78 is 10.5. The molecule has 130 valence electrons. The number of benzene rings is 2. The molecular weight excluding hydrogens is 336 g/mol. The predicted molar refractivity (Wildman–Crippen MR) is 99.1 cm³/mol. The molecule has 0 saturated carbocycles. The summed E-state index contributed by atoms with van der Waals surface area (Å²) in [6.45, 7) is 3.92. The van der Waals surface area contributed by atoms with Crippen LogP contribution in [0.2, 0.25) is 0 Å². The highest BCUT2D eigenvalue weighted by Crippen LogP contribution is 2.33. The molecule has 0 radical (unpaired) electrons. The second-order valence-electron chi connectivity index (χ2n) is 5.35. The van der Waals surface area contributed by atoms with Gasteiger partial charge in [0.2, 0.25) is 0 Å². The number of rotatable bonds is 6. The first-order valence-corrected chi connectivity index (χ1v) is 8.26. The van der Waals surface area contributed by atoms with E-state index in [-0.39, 0.29) is 6.61 Å². The minimum absolute atomic E-state index is 0.279. The lowest BCUT2D eigenvalue weighted by Gasteiger charge is -2.22. The minimum Gasteiger partial charge on any atom is -0.496 e. The van der Waals surface area contributed by atoms with Crippen molar-refractivity contribution in [2.45, 2.75) is 24.8 Å². The smallest absolute Gasteiger partial charge is 0.333 e. The van der Waals surface area contributed by atoms with Gasteiger partial charge < -0.3 is 14.8 Å². The lowest BCUT2D eigenvalue weighted by atomic mass is 10.0. The Morgan fingerprint density at radius 1 is 1.28 bits per heavy atom. The lowest BCUT2D eigenvalue weighted by Crippen LogP contribution is -2.24. The van der Waals surface area contributed by atoms with Gasteiger partial charge in [0.25, 0.3) is 0 Å². The Bertz CT molecular complexity index is 798. The standard InChI is InChI=1S/C19H20N2O3S/c1-4-24-19(22)17(21-14-7-5-13(11-20)6-8-14)15-9-10-16(23-3)12(2)18(15)25/h5-10,17,21,25H,4H2,1-3H3. The molecule has 25 heavy (non-hydrogen) atoms. The van der Waals surface area contributed by atoms with E-state index in [1.54, 1.807) is 50.4 Å². The molecule has 0 aliphatic rings. The Morgan fingerprint density at radius 3 is 2.52 bits per heavy atom.